The minimum Gasteiger partial charge on any atom is -0.493 e. The van der Waals surface area contributed by atoms with Crippen molar-refractivity contribution in [2.24, 2.45) is 0 Å². The van der Waals surface area contributed by atoms with Gasteiger partial charge in [0.05, 0.1) is 19.8 Å². The van der Waals surface area contributed by atoms with Crippen LogP contribution in [0.3, 0.4) is 0 Å². The first-order valence-electron chi connectivity index (χ1n) is 6.45. The minimum absolute atomic E-state index is 0.265. The summed E-state index contributed by atoms with van der Waals surface area (Å²) in [4.78, 5) is 12.4. The minimum atomic E-state index is -0.265. The van der Waals surface area contributed by atoms with Crippen LogP contribution < -0.4 is 20.5 Å². The number of hydrogen-bond acceptors (Lipinski definition) is 4. The molecule has 0 aromatic heterocycles. The van der Waals surface area contributed by atoms with Gasteiger partial charge in [0.2, 0.25) is 0 Å². The number of aryl methyl sites for hydroxylation is 1. The number of hydrogen-bond donors (Lipinski definition) is 2. The Morgan fingerprint density at radius 3 is 2.52 bits per heavy atom. The van der Waals surface area contributed by atoms with Crippen LogP contribution in [0.4, 0.5) is 11.4 Å². The highest BCUT2D eigenvalue weighted by Gasteiger charge is 2.16. The number of carbonyl (C=O) groups is 1. The molecule has 0 atom stereocenters. The number of amides is 1. The number of nitrogens with one attached hydrogen (secondary N) is 1. The second-order valence-electron chi connectivity index (χ2n) is 4.57. The summed E-state index contributed by atoms with van der Waals surface area (Å²) in [6.45, 7) is 1.88. The van der Waals surface area contributed by atoms with E-state index in [1.165, 1.54) is 14.2 Å². The summed E-state index contributed by atoms with van der Waals surface area (Å²) in [5, 5.41) is 2.85. The fourth-order valence-electron chi connectivity index (χ4n) is 2.08. The van der Waals surface area contributed by atoms with Gasteiger partial charge in [-0.25, -0.2) is 0 Å². The van der Waals surface area contributed by atoms with E-state index in [1.54, 1.807) is 36.4 Å². The van der Waals surface area contributed by atoms with Gasteiger partial charge in [-0.05, 0) is 42.8 Å². The molecule has 0 heterocycles. The number of carbonyl (C=O) groups excluding carboxylic acids is 1. The van der Waals surface area contributed by atoms with E-state index in [4.69, 9.17) is 15.2 Å². The molecule has 2 aromatic rings. The number of benzene rings is 2. The van der Waals surface area contributed by atoms with Gasteiger partial charge in [-0.2, -0.15) is 0 Å². The van der Waals surface area contributed by atoms with Crippen molar-refractivity contribution in [2.45, 2.75) is 6.92 Å². The highest BCUT2D eigenvalue weighted by atomic mass is 16.5. The van der Waals surface area contributed by atoms with E-state index >= 15 is 0 Å². The van der Waals surface area contributed by atoms with Crippen molar-refractivity contribution in [3.05, 3.63) is 47.5 Å². The molecule has 1 amide bonds. The van der Waals surface area contributed by atoms with Gasteiger partial charge in [0.25, 0.3) is 5.91 Å². The lowest BCUT2D eigenvalue weighted by Gasteiger charge is -2.13. The standard InChI is InChI=1S/C16H18N2O3/c1-10-9-11(17)7-8-13(10)18-16(19)12-5-4-6-14(20-2)15(12)21-3/h4-9H,17H2,1-3H3,(H,18,19). The predicted octanol–water partition coefficient (Wildman–Crippen LogP) is 2.85. The molecule has 0 saturated heterocycles. The molecule has 110 valence electrons. The normalized spacial score (nSPS) is 10.0. The molecule has 2 aromatic carbocycles. The SMILES string of the molecule is COc1cccc(C(=O)Nc2ccc(N)cc2C)c1OC. The number of nitrogens with two attached hydrogens (primary N) is 1. The van der Waals surface area contributed by atoms with Gasteiger partial charge in [-0.1, -0.05) is 6.07 Å². The van der Waals surface area contributed by atoms with E-state index in [1.807, 2.05) is 6.92 Å². The van der Waals surface area contributed by atoms with Crippen molar-refractivity contribution >= 4 is 17.3 Å². The molecule has 0 aliphatic heterocycles. The lowest BCUT2D eigenvalue weighted by atomic mass is 10.1. The van der Waals surface area contributed by atoms with Crippen LogP contribution in [-0.4, -0.2) is 20.1 Å². The molecule has 5 heteroatoms. The molecule has 0 aliphatic carbocycles. The van der Waals surface area contributed by atoms with Crippen molar-refractivity contribution in [1.29, 1.82) is 0 Å². The summed E-state index contributed by atoms with van der Waals surface area (Å²) in [5.41, 5.74) is 8.37. The van der Waals surface area contributed by atoms with Crippen molar-refractivity contribution in [3.8, 4) is 11.5 Å². The maximum atomic E-state index is 12.4. The highest BCUT2D eigenvalue weighted by Crippen LogP contribution is 2.31. The molecule has 21 heavy (non-hydrogen) atoms. The molecule has 0 spiro atoms. The lowest BCUT2D eigenvalue weighted by molar-refractivity contribution is 0.102. The fraction of sp³-hybridized carbons (Fsp3) is 0.188. The van der Waals surface area contributed by atoms with Gasteiger partial charge in [-0.3, -0.25) is 4.79 Å². The van der Waals surface area contributed by atoms with Crippen LogP contribution in [0.1, 0.15) is 15.9 Å². The van der Waals surface area contributed by atoms with Crippen LogP contribution >= 0.6 is 0 Å². The van der Waals surface area contributed by atoms with Crippen LogP contribution in [0.2, 0.25) is 0 Å². The van der Waals surface area contributed by atoms with E-state index < -0.39 is 0 Å². The quantitative estimate of drug-likeness (QED) is 0.848. The molecule has 0 saturated carbocycles. The zero-order chi connectivity index (χ0) is 15.4. The first-order valence-corrected chi connectivity index (χ1v) is 6.45. The topological polar surface area (TPSA) is 73.6 Å². The summed E-state index contributed by atoms with van der Waals surface area (Å²) in [5.74, 6) is 0.656. The number of nitrogen functional groups attached to an aromatic ring is 1. The highest BCUT2D eigenvalue weighted by molar-refractivity contribution is 6.07. The third-order valence-electron chi connectivity index (χ3n) is 3.15. The Bertz CT molecular complexity index is 669. The van der Waals surface area contributed by atoms with Crippen LogP contribution in [0.5, 0.6) is 11.5 Å². The Balaban J connectivity index is 2.32. The first-order chi connectivity index (χ1) is 10.1. The van der Waals surface area contributed by atoms with E-state index in [9.17, 15) is 4.79 Å². The Labute approximate surface area is 123 Å². The smallest absolute Gasteiger partial charge is 0.259 e. The second-order valence-corrected chi connectivity index (χ2v) is 4.57. The maximum Gasteiger partial charge on any atom is 0.259 e. The number of methoxy groups -OCH3 is 2. The number of para-hydroxylation sites is 1. The molecule has 5 nitrogen and oxygen atoms in total. The maximum absolute atomic E-state index is 12.4. The number of ether oxygens (including phenoxy) is 2. The van der Waals surface area contributed by atoms with Crippen LogP contribution in [0, 0.1) is 6.92 Å². The van der Waals surface area contributed by atoms with Crippen LogP contribution in [0.15, 0.2) is 36.4 Å². The van der Waals surface area contributed by atoms with Crippen LogP contribution in [0.25, 0.3) is 0 Å². The molecule has 0 unspecified atom stereocenters. The monoisotopic (exact) mass is 286 g/mol. The van der Waals surface area contributed by atoms with Gasteiger partial charge < -0.3 is 20.5 Å². The van der Waals surface area contributed by atoms with Crippen molar-refractivity contribution in [3.63, 3.8) is 0 Å². The first kappa shape index (κ1) is 14.7. The summed E-state index contributed by atoms with van der Waals surface area (Å²) >= 11 is 0. The van der Waals surface area contributed by atoms with Gasteiger partial charge >= 0.3 is 0 Å². The Morgan fingerprint density at radius 2 is 1.90 bits per heavy atom. The Hall–Kier alpha value is -2.69. The molecular weight excluding hydrogens is 268 g/mol. The van der Waals surface area contributed by atoms with E-state index in [2.05, 4.69) is 5.32 Å². The average molecular weight is 286 g/mol. The average Bonchev–Trinajstić information content (AvgIpc) is 2.49. The van der Waals surface area contributed by atoms with Crippen molar-refractivity contribution in [1.82, 2.24) is 0 Å². The predicted molar refractivity (Wildman–Crippen MR) is 83.1 cm³/mol. The summed E-state index contributed by atoms with van der Waals surface area (Å²) in [6.07, 6.45) is 0. The second kappa shape index (κ2) is 6.17. The molecule has 0 fully saturated rings. The summed E-state index contributed by atoms with van der Waals surface area (Å²) < 4.78 is 10.5. The lowest BCUT2D eigenvalue weighted by Crippen LogP contribution is -2.14. The molecule has 0 radical (unpaired) electrons. The van der Waals surface area contributed by atoms with Gasteiger partial charge in [-0.15, -0.1) is 0 Å². The molecular formula is C16H18N2O3. The number of anilines is 2. The molecule has 0 aliphatic rings. The van der Waals surface area contributed by atoms with E-state index in [0.29, 0.717) is 28.4 Å². The fourth-order valence-corrected chi connectivity index (χ4v) is 2.08. The van der Waals surface area contributed by atoms with E-state index in [0.717, 1.165) is 5.56 Å². The van der Waals surface area contributed by atoms with Crippen molar-refractivity contribution in [2.75, 3.05) is 25.3 Å². The summed E-state index contributed by atoms with van der Waals surface area (Å²) in [7, 11) is 3.03. The largest absolute Gasteiger partial charge is 0.493 e. The van der Waals surface area contributed by atoms with Crippen LogP contribution in [-0.2, 0) is 0 Å². The molecule has 3 N–H and O–H groups in total. The Kier molecular flexibility index (Phi) is 4.33. The van der Waals surface area contributed by atoms with Gasteiger partial charge in [0.15, 0.2) is 11.5 Å². The third kappa shape index (κ3) is 3.08. The zero-order valence-corrected chi connectivity index (χ0v) is 12.3. The van der Waals surface area contributed by atoms with Gasteiger partial charge in [0, 0.05) is 11.4 Å². The molecule has 2 rings (SSSR count). The Morgan fingerprint density at radius 1 is 1.14 bits per heavy atom. The van der Waals surface area contributed by atoms with E-state index in [-0.39, 0.29) is 5.91 Å². The zero-order valence-electron chi connectivity index (χ0n) is 12.3. The summed E-state index contributed by atoms with van der Waals surface area (Å²) in [6, 6.07) is 10.5. The molecule has 0 bridgehead atoms. The van der Waals surface area contributed by atoms with Gasteiger partial charge in [0.1, 0.15) is 0 Å². The van der Waals surface area contributed by atoms with Crippen molar-refractivity contribution < 1.29 is 14.3 Å². The third-order valence-corrected chi connectivity index (χ3v) is 3.15. The number of rotatable bonds is 4.